The van der Waals surface area contributed by atoms with E-state index in [2.05, 4.69) is 13.2 Å². The highest BCUT2D eigenvalue weighted by atomic mass is 32.2. The molecule has 286 valence electrons. The van der Waals surface area contributed by atoms with E-state index in [-0.39, 0.29) is 54.8 Å². The zero-order valence-electron chi connectivity index (χ0n) is 29.8. The summed E-state index contributed by atoms with van der Waals surface area (Å²) in [4.78, 5) is 72.0. The maximum atomic E-state index is 13.1. The molecule has 0 spiro atoms. The summed E-state index contributed by atoms with van der Waals surface area (Å²) in [6.07, 6.45) is 4.05. The first kappa shape index (κ1) is 42.3. The predicted molar refractivity (Wildman–Crippen MR) is 196 cm³/mol. The lowest BCUT2D eigenvalue weighted by atomic mass is 10.1. The minimum absolute atomic E-state index is 0.0649. The molecule has 3 aromatic rings. The molecule has 3 aromatic carbocycles. The van der Waals surface area contributed by atoms with Crippen LogP contribution in [-0.4, -0.2) is 68.9 Å². The van der Waals surface area contributed by atoms with Gasteiger partial charge in [0.25, 0.3) is 0 Å². The van der Waals surface area contributed by atoms with Crippen LogP contribution in [0.15, 0.2) is 86.0 Å². The summed E-state index contributed by atoms with van der Waals surface area (Å²) >= 11 is 1.47. The summed E-state index contributed by atoms with van der Waals surface area (Å²) < 4.78 is 41.3. The molecule has 0 N–H and O–H groups in total. The van der Waals surface area contributed by atoms with Crippen LogP contribution in [0.3, 0.4) is 0 Å². The molecule has 0 bridgehead atoms. The van der Waals surface area contributed by atoms with Crippen LogP contribution in [0.4, 0.5) is 9.59 Å². The quantitative estimate of drug-likeness (QED) is 0.0279. The number of rotatable bonds is 20. The fourth-order valence-corrected chi connectivity index (χ4v) is 4.87. The van der Waals surface area contributed by atoms with E-state index in [0.717, 1.165) is 12.2 Å². The molecule has 0 aliphatic heterocycles. The fourth-order valence-electron chi connectivity index (χ4n) is 4.35. The van der Waals surface area contributed by atoms with Crippen molar-refractivity contribution in [3.63, 3.8) is 0 Å². The smallest absolute Gasteiger partial charge is 0.463 e. The van der Waals surface area contributed by atoms with Gasteiger partial charge in [0, 0.05) is 23.5 Å². The van der Waals surface area contributed by atoms with E-state index in [0.29, 0.717) is 48.3 Å². The van der Waals surface area contributed by atoms with Gasteiger partial charge in [-0.2, -0.15) is 11.8 Å². The van der Waals surface area contributed by atoms with Crippen molar-refractivity contribution in [2.45, 2.75) is 38.4 Å². The largest absolute Gasteiger partial charge is 0.513 e. The minimum Gasteiger partial charge on any atom is -0.463 e. The Morgan fingerprint density at radius 3 is 1.43 bits per heavy atom. The van der Waals surface area contributed by atoms with Crippen molar-refractivity contribution in [3.8, 4) is 23.0 Å². The average molecular weight is 765 g/mol. The molecule has 0 aliphatic carbocycles. The zero-order valence-corrected chi connectivity index (χ0v) is 30.6. The number of esters is 4. The molecule has 14 nitrogen and oxygen atoms in total. The minimum atomic E-state index is -0.926. The lowest BCUT2D eigenvalue weighted by Gasteiger charge is -2.15. The Morgan fingerprint density at radius 1 is 0.574 bits per heavy atom. The van der Waals surface area contributed by atoms with Crippen molar-refractivity contribution < 1.29 is 66.7 Å². The first-order valence-electron chi connectivity index (χ1n) is 16.6. The van der Waals surface area contributed by atoms with Crippen LogP contribution in [0.2, 0.25) is 0 Å². The van der Waals surface area contributed by atoms with Crippen LogP contribution in [-0.2, 0) is 34.3 Å². The lowest BCUT2D eigenvalue weighted by Crippen LogP contribution is -2.14. The van der Waals surface area contributed by atoms with Crippen LogP contribution in [0, 0.1) is 6.92 Å². The fraction of sp³-hybridized carbons (Fsp3) is 0.282. The molecule has 0 amide bonds. The topological polar surface area (TPSA) is 176 Å². The summed E-state index contributed by atoms with van der Waals surface area (Å²) in [5, 5.41) is 0. The van der Waals surface area contributed by atoms with Crippen LogP contribution in [0.5, 0.6) is 23.0 Å². The van der Waals surface area contributed by atoms with E-state index in [1.807, 2.05) is 6.26 Å². The molecule has 0 unspecified atom stereocenters. The van der Waals surface area contributed by atoms with Crippen molar-refractivity contribution in [2.24, 2.45) is 0 Å². The molecular weight excluding hydrogens is 724 g/mol. The Balaban J connectivity index is 1.50. The van der Waals surface area contributed by atoms with Gasteiger partial charge in [-0.1, -0.05) is 13.2 Å². The number of thioether (sulfide) groups is 1. The van der Waals surface area contributed by atoms with E-state index in [1.54, 1.807) is 19.1 Å². The Hall–Kier alpha value is -6.09. The van der Waals surface area contributed by atoms with Gasteiger partial charge in [-0.15, -0.1) is 0 Å². The summed E-state index contributed by atoms with van der Waals surface area (Å²) in [5.74, 6) is -1.09. The number of unbranched alkanes of at least 4 members (excludes halogenated alkanes) is 2. The van der Waals surface area contributed by atoms with Gasteiger partial charge < -0.3 is 37.9 Å². The third-order valence-corrected chi connectivity index (χ3v) is 7.55. The Labute approximate surface area is 316 Å². The van der Waals surface area contributed by atoms with Crippen LogP contribution in [0.25, 0.3) is 0 Å². The molecule has 0 heterocycles. The second-order valence-corrected chi connectivity index (χ2v) is 11.9. The van der Waals surface area contributed by atoms with Gasteiger partial charge >= 0.3 is 36.2 Å². The normalized spacial score (nSPS) is 10.3. The third kappa shape index (κ3) is 14.9. The third-order valence-electron chi connectivity index (χ3n) is 6.95. The van der Waals surface area contributed by atoms with Crippen molar-refractivity contribution in [1.29, 1.82) is 0 Å². The van der Waals surface area contributed by atoms with Gasteiger partial charge in [-0.25, -0.2) is 28.8 Å². The van der Waals surface area contributed by atoms with E-state index < -0.39 is 36.2 Å². The molecule has 0 atom stereocenters. The Bertz CT molecular complexity index is 1780. The number of ether oxygens (including phenoxy) is 8. The molecule has 0 fully saturated rings. The molecule has 0 aromatic heterocycles. The van der Waals surface area contributed by atoms with Crippen molar-refractivity contribution in [1.82, 2.24) is 0 Å². The van der Waals surface area contributed by atoms with Gasteiger partial charge in [-0.3, -0.25) is 0 Å². The van der Waals surface area contributed by atoms with Gasteiger partial charge in [-0.05, 0) is 105 Å². The number of hydrogen-bond donors (Lipinski definition) is 0. The maximum absolute atomic E-state index is 13.1. The van der Waals surface area contributed by atoms with Crippen LogP contribution < -0.4 is 18.9 Å². The predicted octanol–water partition coefficient (Wildman–Crippen LogP) is 7.35. The molecule has 0 saturated carbocycles. The van der Waals surface area contributed by atoms with E-state index in [1.165, 1.54) is 60.3 Å². The zero-order chi connectivity index (χ0) is 39.3. The lowest BCUT2D eigenvalue weighted by molar-refractivity contribution is -0.138. The van der Waals surface area contributed by atoms with Gasteiger partial charge in [0.2, 0.25) is 0 Å². The Kier molecular flexibility index (Phi) is 17.8. The molecule has 3 rings (SSSR count). The summed E-state index contributed by atoms with van der Waals surface area (Å²) in [6, 6.07) is 14.6. The molecule has 54 heavy (non-hydrogen) atoms. The molecule has 0 saturated heterocycles. The van der Waals surface area contributed by atoms with E-state index in [9.17, 15) is 28.8 Å². The summed E-state index contributed by atoms with van der Waals surface area (Å²) in [5.41, 5.74) is 1.53. The summed E-state index contributed by atoms with van der Waals surface area (Å²) in [6.45, 7) is 8.80. The number of benzene rings is 3. The van der Waals surface area contributed by atoms with Crippen LogP contribution in [0.1, 0.15) is 57.5 Å². The first-order valence-corrected chi connectivity index (χ1v) is 18.0. The van der Waals surface area contributed by atoms with Crippen molar-refractivity contribution in [3.05, 3.63) is 108 Å². The van der Waals surface area contributed by atoms with Crippen LogP contribution >= 0.6 is 11.8 Å². The van der Waals surface area contributed by atoms with Crippen molar-refractivity contribution in [2.75, 3.05) is 32.7 Å². The molecule has 0 aliphatic rings. The number of carbonyl (C=O) groups excluding carboxylic acids is 6. The average Bonchev–Trinajstić information content (AvgIpc) is 3.16. The van der Waals surface area contributed by atoms with Gasteiger partial charge in [0.15, 0.2) is 0 Å². The second-order valence-electron chi connectivity index (χ2n) is 11.0. The van der Waals surface area contributed by atoms with Crippen molar-refractivity contribution >= 4 is 47.9 Å². The van der Waals surface area contributed by atoms with E-state index >= 15 is 0 Å². The molecule has 0 radical (unpaired) electrons. The highest BCUT2D eigenvalue weighted by Crippen LogP contribution is 2.33. The first-order chi connectivity index (χ1) is 26.0. The summed E-state index contributed by atoms with van der Waals surface area (Å²) in [7, 11) is 0. The van der Waals surface area contributed by atoms with E-state index in [4.69, 9.17) is 37.9 Å². The number of carbonyl (C=O) groups is 6. The van der Waals surface area contributed by atoms with Gasteiger partial charge in [0.05, 0.1) is 37.6 Å². The molecular formula is C39H40O14S. The second kappa shape index (κ2) is 22.8. The highest BCUT2D eigenvalue weighted by molar-refractivity contribution is 7.97. The maximum Gasteiger partial charge on any atom is 0.513 e. The standard InChI is InChI=1S/C39H40O14S/c1-5-33(40)46-19-7-9-21-48-38(44)51-30-15-11-27(12-16-30)36(42)50-32-23-26(3)35(29(24-32)25-54-4)53-37(43)28-13-17-31(18-14-28)52-39(45)49-22-10-8-20-47-34(41)6-2/h5-6,11-18,23-24H,1-2,7-10,19-22,25H2,3-4H3. The van der Waals surface area contributed by atoms with Gasteiger partial charge in [0.1, 0.15) is 23.0 Å². The molecule has 15 heteroatoms. The monoisotopic (exact) mass is 764 g/mol. The highest BCUT2D eigenvalue weighted by Gasteiger charge is 2.19. The SMILES string of the molecule is C=CC(=O)OCCCCOC(=O)Oc1ccc(C(=O)Oc2cc(C)c(OC(=O)c3ccc(OC(=O)OCCCCOC(=O)C=C)cc3)c(CSC)c2)cc1. The Morgan fingerprint density at radius 2 is 1.00 bits per heavy atom. The number of hydrogen-bond acceptors (Lipinski definition) is 15. The number of aryl methyl sites for hydroxylation is 1.